The Hall–Kier alpha value is -2.34. The van der Waals surface area contributed by atoms with Gasteiger partial charge >= 0.3 is 11.9 Å². The number of ether oxygens (including phenoxy) is 2. The Kier molecular flexibility index (Phi) is 3.26. The maximum absolute atomic E-state index is 12.6. The van der Waals surface area contributed by atoms with Gasteiger partial charge in [-0.3, -0.25) is 0 Å². The maximum Gasteiger partial charge on any atom is 0.335 e. The molecule has 0 aromatic carbocycles. The number of rotatable bonds is 2. The molecule has 3 heterocycles. The van der Waals surface area contributed by atoms with E-state index in [0.717, 1.165) is 24.0 Å². The summed E-state index contributed by atoms with van der Waals surface area (Å²) in [7, 11) is 0. The van der Waals surface area contributed by atoms with Crippen molar-refractivity contribution in [1.82, 2.24) is 0 Å². The molecule has 0 saturated carbocycles. The number of hydrogen-bond acceptors (Lipinski definition) is 6. The Bertz CT molecular complexity index is 848. The second kappa shape index (κ2) is 5.33. The average molecular weight is 356 g/mol. The largest absolute Gasteiger partial charge is 0.472 e. The summed E-state index contributed by atoms with van der Waals surface area (Å²) in [4.78, 5) is 25.1. The lowest BCUT2D eigenvalue weighted by Crippen LogP contribution is -2.46. The Labute approximate surface area is 150 Å². The van der Waals surface area contributed by atoms with Crippen molar-refractivity contribution in [3.63, 3.8) is 0 Å². The first-order valence-electron chi connectivity index (χ1n) is 9.06. The van der Waals surface area contributed by atoms with E-state index in [2.05, 4.69) is 6.92 Å². The van der Waals surface area contributed by atoms with Gasteiger partial charge in [-0.2, -0.15) is 0 Å². The summed E-state index contributed by atoms with van der Waals surface area (Å²) < 4.78 is 16.5. The third-order valence-electron chi connectivity index (χ3n) is 6.73. The molecule has 1 N–H and O–H groups in total. The van der Waals surface area contributed by atoms with Gasteiger partial charge in [-0.1, -0.05) is 13.0 Å². The number of cyclic esters (lactones) is 1. The molecular weight excluding hydrogens is 336 g/mol. The van der Waals surface area contributed by atoms with E-state index in [1.54, 1.807) is 18.6 Å². The smallest absolute Gasteiger partial charge is 0.335 e. The Morgan fingerprint density at radius 2 is 2.12 bits per heavy atom. The van der Waals surface area contributed by atoms with Gasteiger partial charge in [-0.15, -0.1) is 0 Å². The molecule has 0 spiro atoms. The van der Waals surface area contributed by atoms with Gasteiger partial charge in [0.2, 0.25) is 0 Å². The van der Waals surface area contributed by atoms with Crippen molar-refractivity contribution in [3.8, 4) is 0 Å². The van der Waals surface area contributed by atoms with E-state index >= 15 is 0 Å². The lowest BCUT2D eigenvalue weighted by atomic mass is 9.59. The van der Waals surface area contributed by atoms with Crippen LogP contribution in [0.25, 0.3) is 0 Å². The van der Waals surface area contributed by atoms with E-state index in [1.807, 2.05) is 6.08 Å². The third kappa shape index (κ3) is 1.80. The molecule has 1 aromatic heterocycles. The number of carbonyl (C=O) groups excluding carboxylic acids is 2. The van der Waals surface area contributed by atoms with Crippen LogP contribution in [0.5, 0.6) is 0 Å². The van der Waals surface area contributed by atoms with Gasteiger partial charge in [-0.05, 0) is 36.3 Å². The fraction of sp³-hybridized carbons (Fsp3) is 0.500. The molecule has 136 valence electrons. The quantitative estimate of drug-likeness (QED) is 0.819. The summed E-state index contributed by atoms with van der Waals surface area (Å²) in [5.41, 5.74) is 2.19. The van der Waals surface area contributed by atoms with E-state index in [1.165, 1.54) is 0 Å². The lowest BCUT2D eigenvalue weighted by molar-refractivity contribution is -0.144. The molecule has 26 heavy (non-hydrogen) atoms. The molecule has 6 nitrogen and oxygen atoms in total. The highest BCUT2D eigenvalue weighted by Crippen LogP contribution is 2.60. The van der Waals surface area contributed by atoms with Gasteiger partial charge in [0.05, 0.1) is 24.5 Å². The second-order valence-electron chi connectivity index (χ2n) is 7.66. The van der Waals surface area contributed by atoms with Crippen molar-refractivity contribution < 1.29 is 28.6 Å². The van der Waals surface area contributed by atoms with Gasteiger partial charge in [-0.25, -0.2) is 9.59 Å². The van der Waals surface area contributed by atoms with Crippen LogP contribution in [0.1, 0.15) is 37.9 Å². The molecule has 0 radical (unpaired) electrons. The number of carbonyl (C=O) groups is 2. The molecule has 5 rings (SSSR count). The zero-order valence-electron chi connectivity index (χ0n) is 14.4. The predicted octanol–water partition coefficient (Wildman–Crippen LogP) is 2.45. The highest BCUT2D eigenvalue weighted by Gasteiger charge is 2.63. The zero-order chi connectivity index (χ0) is 18.1. The summed E-state index contributed by atoms with van der Waals surface area (Å²) in [6, 6.07) is 1.81. The standard InChI is InChI=1S/C20H20O6/c1-10-13-3-2-4-14-19(23)25-15(20(13,14)9-21)7-12-16(10)17(26-18(12)22)11-5-6-24-8-11/h4-6,8,10,13,15,17,21H,2-3,7,9H2,1H3/t10?,13-,15-,17+,20-/m1/s1. The molecule has 1 fully saturated rings. The minimum absolute atomic E-state index is 0.0142. The van der Waals surface area contributed by atoms with E-state index in [4.69, 9.17) is 13.9 Å². The number of esters is 2. The molecule has 2 aliphatic carbocycles. The summed E-state index contributed by atoms with van der Waals surface area (Å²) in [6.07, 6.45) is 5.96. The van der Waals surface area contributed by atoms with E-state index in [-0.39, 0.29) is 36.8 Å². The average Bonchev–Trinajstić information content (AvgIpc) is 3.32. The maximum atomic E-state index is 12.6. The van der Waals surface area contributed by atoms with Crippen molar-refractivity contribution in [2.75, 3.05) is 6.61 Å². The van der Waals surface area contributed by atoms with Crippen molar-refractivity contribution in [2.24, 2.45) is 17.3 Å². The molecular formula is C20H20O6. The van der Waals surface area contributed by atoms with Crippen LogP contribution < -0.4 is 0 Å². The monoisotopic (exact) mass is 356 g/mol. The van der Waals surface area contributed by atoms with E-state index in [9.17, 15) is 14.7 Å². The normalized spacial score (nSPS) is 38.3. The molecule has 0 amide bonds. The third-order valence-corrected chi connectivity index (χ3v) is 6.73. The Morgan fingerprint density at radius 1 is 1.27 bits per heavy atom. The van der Waals surface area contributed by atoms with Crippen LogP contribution in [0.4, 0.5) is 0 Å². The molecule has 1 aromatic rings. The number of furan rings is 1. The molecule has 1 unspecified atom stereocenters. The topological polar surface area (TPSA) is 86.0 Å². The first kappa shape index (κ1) is 15.9. The second-order valence-corrected chi connectivity index (χ2v) is 7.66. The van der Waals surface area contributed by atoms with E-state index < -0.39 is 17.6 Å². The minimum atomic E-state index is -0.736. The van der Waals surface area contributed by atoms with Gasteiger partial charge in [0.1, 0.15) is 6.10 Å². The highest BCUT2D eigenvalue weighted by molar-refractivity contribution is 5.96. The van der Waals surface area contributed by atoms with Crippen LogP contribution in [-0.2, 0) is 19.1 Å². The van der Waals surface area contributed by atoms with Crippen LogP contribution in [0.3, 0.4) is 0 Å². The van der Waals surface area contributed by atoms with Crippen LogP contribution in [-0.4, -0.2) is 29.8 Å². The SMILES string of the molecule is CC1C2=C(C[C@H]3OC(=O)C4=CCC[C@H]1[C@]43CO)C(=O)O[C@H]2c1ccoc1. The first-order valence-corrected chi connectivity index (χ1v) is 9.06. The minimum Gasteiger partial charge on any atom is -0.472 e. The fourth-order valence-corrected chi connectivity index (χ4v) is 5.57. The fourth-order valence-electron chi connectivity index (χ4n) is 5.57. The van der Waals surface area contributed by atoms with Gasteiger partial charge < -0.3 is 19.0 Å². The van der Waals surface area contributed by atoms with Gasteiger partial charge in [0.15, 0.2) is 6.10 Å². The number of aliphatic hydroxyl groups is 1. The first-order chi connectivity index (χ1) is 12.6. The highest BCUT2D eigenvalue weighted by atomic mass is 16.6. The van der Waals surface area contributed by atoms with Crippen LogP contribution >= 0.6 is 0 Å². The van der Waals surface area contributed by atoms with Crippen molar-refractivity contribution >= 4 is 11.9 Å². The predicted molar refractivity (Wildman–Crippen MR) is 88.6 cm³/mol. The molecule has 4 aliphatic rings. The summed E-state index contributed by atoms with van der Waals surface area (Å²) in [5, 5.41) is 10.4. The summed E-state index contributed by atoms with van der Waals surface area (Å²) >= 11 is 0. The Morgan fingerprint density at radius 3 is 2.85 bits per heavy atom. The lowest BCUT2D eigenvalue weighted by Gasteiger charge is -2.43. The molecule has 0 bridgehead atoms. The van der Waals surface area contributed by atoms with Crippen LogP contribution in [0.15, 0.2) is 45.8 Å². The van der Waals surface area contributed by atoms with Crippen molar-refractivity contribution in [3.05, 3.63) is 47.0 Å². The molecule has 1 saturated heterocycles. The molecule has 2 aliphatic heterocycles. The number of aliphatic hydroxyl groups excluding tert-OH is 1. The van der Waals surface area contributed by atoms with Crippen LogP contribution in [0, 0.1) is 17.3 Å². The summed E-state index contributed by atoms with van der Waals surface area (Å²) in [5.74, 6) is -0.729. The van der Waals surface area contributed by atoms with E-state index in [0.29, 0.717) is 11.1 Å². The zero-order valence-corrected chi connectivity index (χ0v) is 14.4. The van der Waals surface area contributed by atoms with Crippen LogP contribution in [0.2, 0.25) is 0 Å². The van der Waals surface area contributed by atoms with Crippen molar-refractivity contribution in [2.45, 2.75) is 38.4 Å². The van der Waals surface area contributed by atoms with Gasteiger partial charge in [0.25, 0.3) is 0 Å². The number of allylic oxidation sites excluding steroid dienone is 1. The molecule has 6 heteroatoms. The summed E-state index contributed by atoms with van der Waals surface area (Å²) in [6.45, 7) is 1.91. The number of hydrogen-bond donors (Lipinski definition) is 1. The van der Waals surface area contributed by atoms with Crippen molar-refractivity contribution in [1.29, 1.82) is 0 Å². The Balaban J connectivity index is 1.67. The molecule has 5 atom stereocenters. The van der Waals surface area contributed by atoms with Gasteiger partial charge in [0, 0.05) is 23.1 Å².